The smallest absolute Gasteiger partial charge is 0.0685 e. The molecule has 0 aromatic carbocycles. The average Bonchev–Trinajstić information content (AvgIpc) is 2.98. The molecule has 0 radical (unpaired) electrons. The van der Waals surface area contributed by atoms with E-state index in [0.29, 0.717) is 0 Å². The third-order valence-electron chi connectivity index (χ3n) is 9.04. The van der Waals surface area contributed by atoms with Crippen LogP contribution in [0.2, 0.25) is 0 Å². The molecule has 0 N–H and O–H groups in total. The van der Waals surface area contributed by atoms with Crippen LogP contribution in [0.4, 0.5) is 0 Å². The first-order valence-corrected chi connectivity index (χ1v) is 19.7. The van der Waals surface area contributed by atoms with Gasteiger partial charge in [-0.3, -0.25) is 4.84 Å². The molecule has 0 spiro atoms. The molecule has 2 nitrogen and oxygen atoms in total. The van der Waals surface area contributed by atoms with Crippen LogP contribution in [-0.4, -0.2) is 24.8 Å². The molecule has 0 aromatic rings. The molecule has 0 unspecified atom stereocenters. The van der Waals surface area contributed by atoms with Crippen LogP contribution < -0.4 is 0 Å². The normalized spacial score (nSPS) is 11.7. The summed E-state index contributed by atoms with van der Waals surface area (Å²) in [6, 6.07) is 0. The summed E-state index contributed by atoms with van der Waals surface area (Å²) in [5.41, 5.74) is 0. The van der Waals surface area contributed by atoms with Gasteiger partial charge in [0.15, 0.2) is 0 Å². The van der Waals surface area contributed by atoms with Gasteiger partial charge in [0.25, 0.3) is 0 Å². The van der Waals surface area contributed by atoms with Gasteiger partial charge in [-0.05, 0) is 19.3 Å². The van der Waals surface area contributed by atoms with Crippen molar-refractivity contribution in [2.75, 3.05) is 19.7 Å². The SMILES string of the molecule is CCCCCCCCCCCCCCCCCCN(CCCCCCCCCCCCCCCC)OCCCCC. The molecule has 0 bridgehead atoms. The molecule has 0 saturated carbocycles. The van der Waals surface area contributed by atoms with Gasteiger partial charge in [-0.1, -0.05) is 213 Å². The summed E-state index contributed by atoms with van der Waals surface area (Å²) < 4.78 is 0. The minimum Gasteiger partial charge on any atom is -0.299 e. The summed E-state index contributed by atoms with van der Waals surface area (Å²) in [5, 5.41) is 2.33. The summed E-state index contributed by atoms with van der Waals surface area (Å²) in [6.07, 6.45) is 46.9. The average molecular weight is 580 g/mol. The van der Waals surface area contributed by atoms with Crippen molar-refractivity contribution in [2.24, 2.45) is 0 Å². The Balaban J connectivity index is 3.61. The predicted octanol–water partition coefficient (Wildman–Crippen LogP) is 14.2. The maximum absolute atomic E-state index is 6.22. The number of hydroxylamine groups is 2. The van der Waals surface area contributed by atoms with Crippen LogP contribution in [0.15, 0.2) is 0 Å². The zero-order valence-electron chi connectivity index (χ0n) is 29.3. The lowest BCUT2D eigenvalue weighted by Gasteiger charge is -2.22. The molecule has 0 aliphatic carbocycles. The Morgan fingerprint density at radius 1 is 0.268 bits per heavy atom. The Hall–Kier alpha value is -0.0800. The number of hydrogen-bond acceptors (Lipinski definition) is 2. The van der Waals surface area contributed by atoms with Crippen molar-refractivity contribution < 1.29 is 4.84 Å². The van der Waals surface area contributed by atoms with Crippen LogP contribution in [0.25, 0.3) is 0 Å². The first-order valence-electron chi connectivity index (χ1n) is 19.7. The van der Waals surface area contributed by atoms with Gasteiger partial charge < -0.3 is 0 Å². The van der Waals surface area contributed by atoms with E-state index in [-0.39, 0.29) is 0 Å². The van der Waals surface area contributed by atoms with Crippen LogP contribution in [0.3, 0.4) is 0 Å². The summed E-state index contributed by atoms with van der Waals surface area (Å²) in [7, 11) is 0. The lowest BCUT2D eigenvalue weighted by molar-refractivity contribution is -0.161. The van der Waals surface area contributed by atoms with Crippen molar-refractivity contribution in [3.8, 4) is 0 Å². The van der Waals surface area contributed by atoms with Crippen molar-refractivity contribution >= 4 is 0 Å². The van der Waals surface area contributed by atoms with Gasteiger partial charge in [0.05, 0.1) is 6.61 Å². The number of rotatable bonds is 37. The van der Waals surface area contributed by atoms with E-state index in [1.165, 1.54) is 212 Å². The van der Waals surface area contributed by atoms with E-state index < -0.39 is 0 Å². The van der Waals surface area contributed by atoms with Crippen LogP contribution in [0, 0.1) is 0 Å². The highest BCUT2D eigenvalue weighted by Crippen LogP contribution is 2.15. The molecule has 2 heteroatoms. The van der Waals surface area contributed by atoms with E-state index in [4.69, 9.17) is 4.84 Å². The second-order valence-corrected chi connectivity index (χ2v) is 13.4. The molecule has 0 aliphatic rings. The molecule has 0 aromatic heterocycles. The fourth-order valence-electron chi connectivity index (χ4n) is 6.11. The molecule has 0 aliphatic heterocycles. The maximum Gasteiger partial charge on any atom is 0.0685 e. The molecule has 41 heavy (non-hydrogen) atoms. The maximum atomic E-state index is 6.22. The van der Waals surface area contributed by atoms with Crippen molar-refractivity contribution in [3.05, 3.63) is 0 Å². The van der Waals surface area contributed by atoms with E-state index in [9.17, 15) is 0 Å². The second-order valence-electron chi connectivity index (χ2n) is 13.4. The largest absolute Gasteiger partial charge is 0.299 e. The van der Waals surface area contributed by atoms with E-state index >= 15 is 0 Å². The quantitative estimate of drug-likeness (QED) is 0.0536. The Bertz CT molecular complexity index is 439. The molecule has 248 valence electrons. The number of hydrogen-bond donors (Lipinski definition) is 0. The Labute approximate surface area is 261 Å². The minimum absolute atomic E-state index is 0.922. The molecular formula is C39H81NO. The fourth-order valence-corrected chi connectivity index (χ4v) is 6.11. The van der Waals surface area contributed by atoms with Gasteiger partial charge in [-0.2, -0.15) is 5.06 Å². The van der Waals surface area contributed by atoms with E-state index in [2.05, 4.69) is 25.8 Å². The highest BCUT2D eigenvalue weighted by Gasteiger charge is 2.06. The van der Waals surface area contributed by atoms with Crippen molar-refractivity contribution in [1.29, 1.82) is 0 Å². The van der Waals surface area contributed by atoms with Gasteiger partial charge in [-0.25, -0.2) is 0 Å². The molecule has 0 saturated heterocycles. The molecule has 0 fully saturated rings. The molecule has 0 heterocycles. The van der Waals surface area contributed by atoms with Crippen LogP contribution in [-0.2, 0) is 4.84 Å². The summed E-state index contributed by atoms with van der Waals surface area (Å²) >= 11 is 0. The molecule has 0 rings (SSSR count). The molecule has 0 amide bonds. The molecular weight excluding hydrogens is 498 g/mol. The highest BCUT2D eigenvalue weighted by atomic mass is 16.7. The van der Waals surface area contributed by atoms with Gasteiger partial charge in [0, 0.05) is 13.1 Å². The zero-order chi connectivity index (χ0) is 29.7. The Morgan fingerprint density at radius 3 is 0.756 bits per heavy atom. The monoisotopic (exact) mass is 580 g/mol. The number of unbranched alkanes of at least 4 members (excludes halogenated alkanes) is 30. The van der Waals surface area contributed by atoms with Gasteiger partial charge in [0.2, 0.25) is 0 Å². The van der Waals surface area contributed by atoms with E-state index in [0.717, 1.165) is 19.7 Å². The molecule has 0 atom stereocenters. The standard InChI is InChI=1S/C39H81NO/c1-4-7-10-12-14-16-18-20-22-23-25-27-29-31-33-35-38-40(41-39-36-9-6-3)37-34-32-30-28-26-24-21-19-17-15-13-11-8-5-2/h4-39H2,1-3H3. The topological polar surface area (TPSA) is 12.5 Å². The summed E-state index contributed by atoms with van der Waals surface area (Å²) in [6.45, 7) is 10.1. The van der Waals surface area contributed by atoms with Gasteiger partial charge >= 0.3 is 0 Å². The summed E-state index contributed by atoms with van der Waals surface area (Å²) in [5.74, 6) is 0. The Morgan fingerprint density at radius 2 is 0.488 bits per heavy atom. The first kappa shape index (κ1) is 40.9. The second kappa shape index (κ2) is 37.9. The fraction of sp³-hybridized carbons (Fsp3) is 1.00. The van der Waals surface area contributed by atoms with E-state index in [1.807, 2.05) is 0 Å². The predicted molar refractivity (Wildman–Crippen MR) is 187 cm³/mol. The van der Waals surface area contributed by atoms with Crippen molar-refractivity contribution in [2.45, 2.75) is 233 Å². The van der Waals surface area contributed by atoms with E-state index in [1.54, 1.807) is 0 Å². The first-order chi connectivity index (χ1) is 20.3. The van der Waals surface area contributed by atoms with Crippen LogP contribution in [0.5, 0.6) is 0 Å². The summed E-state index contributed by atoms with van der Waals surface area (Å²) in [4.78, 5) is 6.22. The highest BCUT2D eigenvalue weighted by molar-refractivity contribution is 4.54. The Kier molecular flexibility index (Phi) is 37.9. The van der Waals surface area contributed by atoms with Gasteiger partial charge in [0.1, 0.15) is 0 Å². The minimum atomic E-state index is 0.922. The zero-order valence-corrected chi connectivity index (χ0v) is 29.3. The lowest BCUT2D eigenvalue weighted by atomic mass is 10.0. The van der Waals surface area contributed by atoms with Crippen molar-refractivity contribution in [3.63, 3.8) is 0 Å². The van der Waals surface area contributed by atoms with Crippen molar-refractivity contribution in [1.82, 2.24) is 5.06 Å². The third kappa shape index (κ3) is 36.0. The van der Waals surface area contributed by atoms with Crippen LogP contribution >= 0.6 is 0 Å². The lowest BCUT2D eigenvalue weighted by Crippen LogP contribution is -2.27. The van der Waals surface area contributed by atoms with Crippen LogP contribution in [0.1, 0.15) is 233 Å². The number of nitrogens with zero attached hydrogens (tertiary/aromatic N) is 1. The third-order valence-corrected chi connectivity index (χ3v) is 9.04. The van der Waals surface area contributed by atoms with Gasteiger partial charge in [-0.15, -0.1) is 0 Å².